The number of carbonyl (C=O) groups excluding carboxylic acids is 1. The van der Waals surface area contributed by atoms with Gasteiger partial charge in [-0.3, -0.25) is 4.79 Å². The molecule has 1 fully saturated rings. The molecule has 0 spiro atoms. The van der Waals surface area contributed by atoms with Crippen molar-refractivity contribution in [2.24, 2.45) is 5.92 Å². The first-order chi connectivity index (χ1) is 11.2. The molecule has 1 aromatic carbocycles. The van der Waals surface area contributed by atoms with Gasteiger partial charge in [-0.05, 0) is 37.8 Å². The van der Waals surface area contributed by atoms with E-state index in [9.17, 15) is 4.79 Å². The van der Waals surface area contributed by atoms with Crippen molar-refractivity contribution in [2.45, 2.75) is 19.8 Å². The van der Waals surface area contributed by atoms with E-state index in [4.69, 9.17) is 14.2 Å². The van der Waals surface area contributed by atoms with Gasteiger partial charge in [-0.15, -0.1) is 0 Å². The summed E-state index contributed by atoms with van der Waals surface area (Å²) >= 11 is 0. The van der Waals surface area contributed by atoms with Crippen LogP contribution in [0, 0.1) is 12.8 Å². The summed E-state index contributed by atoms with van der Waals surface area (Å²) in [5.74, 6) is 1.34. The molecule has 0 N–H and O–H groups in total. The van der Waals surface area contributed by atoms with Gasteiger partial charge in [-0.1, -0.05) is 17.7 Å². The van der Waals surface area contributed by atoms with Gasteiger partial charge in [0, 0.05) is 26.8 Å². The van der Waals surface area contributed by atoms with Crippen LogP contribution < -0.4 is 4.74 Å². The second-order valence-electron chi connectivity index (χ2n) is 5.99. The number of methoxy groups -OCH3 is 1. The van der Waals surface area contributed by atoms with Crippen LogP contribution in [0.4, 0.5) is 0 Å². The molecule has 5 heteroatoms. The first-order valence-corrected chi connectivity index (χ1v) is 8.23. The van der Waals surface area contributed by atoms with Crippen molar-refractivity contribution in [1.29, 1.82) is 0 Å². The molecule has 23 heavy (non-hydrogen) atoms. The van der Waals surface area contributed by atoms with E-state index in [1.54, 1.807) is 7.11 Å². The van der Waals surface area contributed by atoms with Crippen molar-refractivity contribution < 1.29 is 19.0 Å². The fraction of sp³-hybridized carbons (Fsp3) is 0.611. The molecule has 0 bridgehead atoms. The molecule has 5 nitrogen and oxygen atoms in total. The average Bonchev–Trinajstić information content (AvgIpc) is 2.58. The van der Waals surface area contributed by atoms with Crippen LogP contribution in [0.25, 0.3) is 0 Å². The van der Waals surface area contributed by atoms with E-state index in [1.807, 2.05) is 36.1 Å². The summed E-state index contributed by atoms with van der Waals surface area (Å²) in [5.41, 5.74) is 1.18. The Labute approximate surface area is 138 Å². The molecule has 1 amide bonds. The molecule has 0 aromatic heterocycles. The fourth-order valence-electron chi connectivity index (χ4n) is 2.61. The summed E-state index contributed by atoms with van der Waals surface area (Å²) < 4.78 is 16.1. The molecule has 0 radical (unpaired) electrons. The van der Waals surface area contributed by atoms with Crippen LogP contribution in [0.3, 0.4) is 0 Å². The Balaban J connectivity index is 1.64. The molecule has 0 unspecified atom stereocenters. The standard InChI is InChI=1S/C18H27NO4/c1-15-3-5-17(6-4-15)23-14-18(20)19-9-7-16(8-10-19)13-22-12-11-21-2/h3-6,16H,7-14H2,1-2H3. The molecule has 0 atom stereocenters. The Hall–Kier alpha value is -1.59. The van der Waals surface area contributed by atoms with Crippen LogP contribution in [-0.4, -0.2) is 57.4 Å². The number of nitrogens with zero attached hydrogens (tertiary/aromatic N) is 1. The number of ether oxygens (including phenoxy) is 3. The predicted molar refractivity (Wildman–Crippen MR) is 88.7 cm³/mol. The SMILES string of the molecule is COCCOCC1CCN(C(=O)COc2ccc(C)cc2)CC1. The highest BCUT2D eigenvalue weighted by Crippen LogP contribution is 2.18. The molecule has 128 valence electrons. The molecule has 0 saturated carbocycles. The van der Waals surface area contributed by atoms with Crippen molar-refractivity contribution in [1.82, 2.24) is 4.90 Å². The highest BCUT2D eigenvalue weighted by molar-refractivity contribution is 5.77. The third-order valence-corrected chi connectivity index (χ3v) is 4.14. The smallest absolute Gasteiger partial charge is 0.260 e. The van der Waals surface area contributed by atoms with Crippen molar-refractivity contribution in [3.05, 3.63) is 29.8 Å². The summed E-state index contributed by atoms with van der Waals surface area (Å²) in [7, 11) is 1.67. The van der Waals surface area contributed by atoms with Gasteiger partial charge in [0.25, 0.3) is 5.91 Å². The molecule has 1 aliphatic heterocycles. The largest absolute Gasteiger partial charge is 0.484 e. The molecule has 1 saturated heterocycles. The summed E-state index contributed by atoms with van der Waals surface area (Å²) in [6, 6.07) is 7.75. The lowest BCUT2D eigenvalue weighted by atomic mass is 9.98. The van der Waals surface area contributed by atoms with Gasteiger partial charge in [0.1, 0.15) is 5.75 Å². The minimum Gasteiger partial charge on any atom is -0.484 e. The fourth-order valence-corrected chi connectivity index (χ4v) is 2.61. The Morgan fingerprint density at radius 1 is 1.17 bits per heavy atom. The topological polar surface area (TPSA) is 48.0 Å². The molecular formula is C18H27NO4. The monoisotopic (exact) mass is 321 g/mol. The van der Waals surface area contributed by atoms with Crippen molar-refractivity contribution in [2.75, 3.05) is 46.6 Å². The molecule has 1 aromatic rings. The number of benzene rings is 1. The summed E-state index contributed by atoms with van der Waals surface area (Å²) in [5, 5.41) is 0. The average molecular weight is 321 g/mol. The Morgan fingerprint density at radius 3 is 2.52 bits per heavy atom. The summed E-state index contributed by atoms with van der Waals surface area (Å²) in [6.45, 7) is 5.73. The number of piperidine rings is 1. The van der Waals surface area contributed by atoms with Gasteiger partial charge in [-0.25, -0.2) is 0 Å². The zero-order chi connectivity index (χ0) is 16.5. The first-order valence-electron chi connectivity index (χ1n) is 8.23. The normalized spacial score (nSPS) is 15.7. The van der Waals surface area contributed by atoms with Gasteiger partial charge in [0.05, 0.1) is 13.2 Å². The van der Waals surface area contributed by atoms with E-state index in [-0.39, 0.29) is 12.5 Å². The minimum atomic E-state index is 0.0596. The van der Waals surface area contributed by atoms with Crippen molar-refractivity contribution in [3.63, 3.8) is 0 Å². The number of likely N-dealkylation sites (tertiary alicyclic amines) is 1. The molecule has 0 aliphatic carbocycles. The predicted octanol–water partition coefficient (Wildman–Crippen LogP) is 2.28. The maximum absolute atomic E-state index is 12.2. The van der Waals surface area contributed by atoms with E-state index < -0.39 is 0 Å². The van der Waals surface area contributed by atoms with Crippen LogP contribution >= 0.6 is 0 Å². The summed E-state index contributed by atoms with van der Waals surface area (Å²) in [6.07, 6.45) is 1.98. The van der Waals surface area contributed by atoms with E-state index in [2.05, 4.69) is 0 Å². The maximum atomic E-state index is 12.2. The van der Waals surface area contributed by atoms with Crippen LogP contribution in [0.5, 0.6) is 5.75 Å². The van der Waals surface area contributed by atoms with Crippen LogP contribution in [0.2, 0.25) is 0 Å². The maximum Gasteiger partial charge on any atom is 0.260 e. The van der Waals surface area contributed by atoms with E-state index in [0.717, 1.165) is 38.3 Å². The zero-order valence-corrected chi connectivity index (χ0v) is 14.1. The molecule has 1 aliphatic rings. The third-order valence-electron chi connectivity index (χ3n) is 4.14. The molecular weight excluding hydrogens is 294 g/mol. The van der Waals surface area contributed by atoms with Crippen LogP contribution in [0.1, 0.15) is 18.4 Å². The second kappa shape index (κ2) is 9.53. The highest BCUT2D eigenvalue weighted by atomic mass is 16.5. The van der Waals surface area contributed by atoms with Gasteiger partial charge in [0.2, 0.25) is 0 Å². The lowest BCUT2D eigenvalue weighted by molar-refractivity contribution is -0.135. The van der Waals surface area contributed by atoms with Crippen molar-refractivity contribution in [3.8, 4) is 5.75 Å². The quantitative estimate of drug-likeness (QED) is 0.689. The first kappa shape index (κ1) is 17.8. The zero-order valence-electron chi connectivity index (χ0n) is 14.1. The number of hydrogen-bond donors (Lipinski definition) is 0. The number of rotatable bonds is 8. The second-order valence-corrected chi connectivity index (χ2v) is 5.99. The lowest BCUT2D eigenvalue weighted by Gasteiger charge is -2.31. The third kappa shape index (κ3) is 6.20. The molecule has 2 rings (SSSR count). The lowest BCUT2D eigenvalue weighted by Crippen LogP contribution is -2.41. The Bertz CT molecular complexity index is 466. The summed E-state index contributed by atoms with van der Waals surface area (Å²) in [4.78, 5) is 14.1. The Morgan fingerprint density at radius 2 is 1.87 bits per heavy atom. The van der Waals surface area contributed by atoms with Crippen molar-refractivity contribution >= 4 is 5.91 Å². The van der Waals surface area contributed by atoms with Gasteiger partial charge >= 0.3 is 0 Å². The van der Waals surface area contributed by atoms with Crippen LogP contribution in [0.15, 0.2) is 24.3 Å². The van der Waals surface area contributed by atoms with Gasteiger partial charge < -0.3 is 19.1 Å². The Kier molecular flexibility index (Phi) is 7.36. The van der Waals surface area contributed by atoms with Crippen LogP contribution in [-0.2, 0) is 14.3 Å². The van der Waals surface area contributed by atoms with Gasteiger partial charge in [0.15, 0.2) is 6.61 Å². The number of aryl methyl sites for hydroxylation is 1. The minimum absolute atomic E-state index is 0.0596. The highest BCUT2D eigenvalue weighted by Gasteiger charge is 2.23. The van der Waals surface area contributed by atoms with E-state index in [1.165, 1.54) is 5.56 Å². The number of amides is 1. The number of hydrogen-bond acceptors (Lipinski definition) is 4. The number of carbonyl (C=O) groups is 1. The molecule has 1 heterocycles. The van der Waals surface area contributed by atoms with E-state index in [0.29, 0.717) is 19.1 Å². The van der Waals surface area contributed by atoms with E-state index >= 15 is 0 Å². The van der Waals surface area contributed by atoms with Gasteiger partial charge in [-0.2, -0.15) is 0 Å².